The molecule has 1 saturated heterocycles. The first-order chi connectivity index (χ1) is 13.5. The van der Waals surface area contributed by atoms with Gasteiger partial charge in [0.25, 0.3) is 5.92 Å². The third kappa shape index (κ3) is 3.51. The van der Waals surface area contributed by atoms with E-state index in [-0.39, 0.29) is 18.2 Å². The van der Waals surface area contributed by atoms with Crippen molar-refractivity contribution in [1.29, 1.82) is 0 Å². The van der Waals surface area contributed by atoms with Crippen molar-refractivity contribution in [2.24, 2.45) is 0 Å². The van der Waals surface area contributed by atoms with Crippen LogP contribution in [0.15, 0.2) is 34.9 Å². The minimum Gasteiger partial charge on any atom is -0.384 e. The Morgan fingerprint density at radius 3 is 2.59 bits per heavy atom. The number of carbonyl (C=O) groups is 1. The second-order valence-electron chi connectivity index (χ2n) is 8.97. The van der Waals surface area contributed by atoms with E-state index >= 15 is 0 Å². The highest BCUT2D eigenvalue weighted by Gasteiger charge is 2.59. The molecule has 2 N–H and O–H groups in total. The first kappa shape index (κ1) is 20.2. The second-order valence-corrected chi connectivity index (χ2v) is 8.97. The Morgan fingerprint density at radius 1 is 1.34 bits per heavy atom. The number of hydrogen-bond donors (Lipinski definition) is 2. The van der Waals surface area contributed by atoms with Gasteiger partial charge in [-0.1, -0.05) is 29.4 Å². The molecule has 1 saturated carbocycles. The lowest BCUT2D eigenvalue weighted by Gasteiger charge is -2.37. The summed E-state index contributed by atoms with van der Waals surface area (Å²) in [6.07, 6.45) is 1.01. The molecule has 0 bridgehead atoms. The largest absolute Gasteiger partial charge is 0.384 e. The van der Waals surface area contributed by atoms with Gasteiger partial charge in [-0.05, 0) is 39.2 Å². The van der Waals surface area contributed by atoms with Crippen molar-refractivity contribution < 1.29 is 23.2 Å². The van der Waals surface area contributed by atoms with Crippen LogP contribution in [0, 0.1) is 0 Å². The monoisotopic (exact) mass is 404 g/mol. The van der Waals surface area contributed by atoms with Crippen LogP contribution in [0.1, 0.15) is 73.3 Å². The van der Waals surface area contributed by atoms with Crippen LogP contribution in [0.25, 0.3) is 0 Å². The molecule has 1 aromatic carbocycles. The second kappa shape index (κ2) is 6.71. The maximum atomic E-state index is 13.8. The molecule has 0 amide bonds. The number of aromatic nitrogens is 1. The Hall–Kier alpha value is -2.12. The number of rotatable bonds is 5. The van der Waals surface area contributed by atoms with Crippen molar-refractivity contribution in [3.63, 3.8) is 0 Å². The van der Waals surface area contributed by atoms with Gasteiger partial charge in [-0.25, -0.2) is 8.78 Å². The van der Waals surface area contributed by atoms with E-state index in [1.807, 2.05) is 6.92 Å². The van der Waals surface area contributed by atoms with Crippen LogP contribution in [-0.2, 0) is 11.0 Å². The van der Waals surface area contributed by atoms with Crippen molar-refractivity contribution in [3.05, 3.63) is 52.9 Å². The van der Waals surface area contributed by atoms with Gasteiger partial charge in [0.2, 0.25) is 0 Å². The number of Topliss-reactive ketones (excluding diaryl/α,β-unsaturated/α-hetero) is 1. The van der Waals surface area contributed by atoms with E-state index in [0.717, 1.165) is 6.42 Å². The Balaban J connectivity index is 1.78. The normalized spacial score (nSPS) is 28.9. The van der Waals surface area contributed by atoms with Gasteiger partial charge in [0.15, 0.2) is 11.5 Å². The highest BCUT2D eigenvalue weighted by atomic mass is 19.3. The fraction of sp³-hybridized carbons (Fsp3) is 0.545. The van der Waals surface area contributed by atoms with Gasteiger partial charge in [-0.3, -0.25) is 4.79 Å². The highest BCUT2D eigenvalue weighted by Crippen LogP contribution is 2.57. The minimum atomic E-state index is -2.76. The molecule has 1 aliphatic carbocycles. The zero-order valence-corrected chi connectivity index (χ0v) is 16.8. The summed E-state index contributed by atoms with van der Waals surface area (Å²) in [6.45, 7) is 5.54. The van der Waals surface area contributed by atoms with Gasteiger partial charge in [-0.2, -0.15) is 0 Å². The lowest BCUT2D eigenvalue weighted by Crippen LogP contribution is -2.52. The Labute approximate surface area is 168 Å². The maximum absolute atomic E-state index is 13.8. The summed E-state index contributed by atoms with van der Waals surface area (Å²) in [6, 6.07) is 8.48. The van der Waals surface area contributed by atoms with Crippen LogP contribution in [0.2, 0.25) is 0 Å². The third-order valence-electron chi connectivity index (χ3n) is 6.21. The number of nitrogens with one attached hydrogen (secondary N) is 1. The molecule has 1 aromatic heterocycles. The van der Waals surface area contributed by atoms with Crippen LogP contribution in [0.3, 0.4) is 0 Å². The predicted octanol–water partition coefficient (Wildman–Crippen LogP) is 3.92. The number of alkyl halides is 2. The molecule has 4 rings (SSSR count). The van der Waals surface area contributed by atoms with Gasteiger partial charge in [-0.15, -0.1) is 0 Å². The average Bonchev–Trinajstić information content (AvgIpc) is 3.07. The lowest BCUT2D eigenvalue weighted by molar-refractivity contribution is 0.0695. The van der Waals surface area contributed by atoms with Crippen molar-refractivity contribution in [2.45, 2.75) is 68.9 Å². The van der Waals surface area contributed by atoms with Crippen LogP contribution in [-0.4, -0.2) is 34.6 Å². The molecular weight excluding hydrogens is 378 g/mol. The number of ketones is 1. The zero-order valence-electron chi connectivity index (χ0n) is 16.8. The van der Waals surface area contributed by atoms with E-state index in [9.17, 15) is 18.7 Å². The number of halogens is 2. The topological polar surface area (TPSA) is 75.4 Å². The van der Waals surface area contributed by atoms with E-state index in [1.54, 1.807) is 44.2 Å². The third-order valence-corrected chi connectivity index (χ3v) is 6.21. The molecule has 2 fully saturated rings. The summed E-state index contributed by atoms with van der Waals surface area (Å²) in [4.78, 5) is 13.8. The fourth-order valence-electron chi connectivity index (χ4n) is 4.12. The molecule has 7 heteroatoms. The molecule has 0 spiro atoms. The molecule has 5 nitrogen and oxygen atoms in total. The first-order valence-electron chi connectivity index (χ1n) is 9.99. The molecule has 2 aliphatic rings. The van der Waals surface area contributed by atoms with Crippen molar-refractivity contribution >= 4 is 5.78 Å². The van der Waals surface area contributed by atoms with E-state index in [2.05, 4.69) is 10.5 Å². The van der Waals surface area contributed by atoms with Gasteiger partial charge in [0.05, 0.1) is 5.92 Å². The van der Waals surface area contributed by atoms with Gasteiger partial charge in [0.1, 0.15) is 16.7 Å². The van der Waals surface area contributed by atoms with Crippen LogP contribution in [0.5, 0.6) is 0 Å². The number of hydrogen-bond acceptors (Lipinski definition) is 5. The highest BCUT2D eigenvalue weighted by molar-refractivity contribution is 6.05. The number of benzene rings is 1. The van der Waals surface area contributed by atoms with Crippen molar-refractivity contribution in [3.8, 4) is 0 Å². The SMILES string of the molecule is C[C@@H]1CC[C@](C(=O)c2ccccc2C2CC2(F)F)(c2cc(C(C)(C)O)no2)CN1. The van der Waals surface area contributed by atoms with E-state index in [0.29, 0.717) is 35.5 Å². The Bertz CT molecular complexity index is 924. The smallest absolute Gasteiger partial charge is 0.255 e. The summed E-state index contributed by atoms with van der Waals surface area (Å²) < 4.78 is 33.1. The average molecular weight is 404 g/mol. The molecule has 1 aliphatic heterocycles. The number of nitrogens with zero attached hydrogens (tertiary/aromatic N) is 1. The van der Waals surface area contributed by atoms with Crippen LogP contribution < -0.4 is 5.32 Å². The molecule has 29 heavy (non-hydrogen) atoms. The van der Waals surface area contributed by atoms with E-state index < -0.39 is 22.9 Å². The molecule has 0 radical (unpaired) electrons. The molecular formula is C22H26F2N2O3. The Morgan fingerprint density at radius 2 is 2.03 bits per heavy atom. The fourth-order valence-corrected chi connectivity index (χ4v) is 4.12. The van der Waals surface area contributed by atoms with Crippen molar-refractivity contribution in [2.75, 3.05) is 6.54 Å². The van der Waals surface area contributed by atoms with Crippen LogP contribution >= 0.6 is 0 Å². The Kier molecular flexibility index (Phi) is 4.66. The van der Waals surface area contributed by atoms with Gasteiger partial charge in [0, 0.05) is 30.6 Å². The predicted molar refractivity (Wildman–Crippen MR) is 103 cm³/mol. The molecule has 1 unspecified atom stereocenters. The van der Waals surface area contributed by atoms with E-state index in [1.165, 1.54) is 0 Å². The summed E-state index contributed by atoms with van der Waals surface area (Å²) >= 11 is 0. The molecule has 3 atom stereocenters. The molecule has 2 heterocycles. The number of aliphatic hydroxyl groups is 1. The van der Waals surface area contributed by atoms with Crippen LogP contribution in [0.4, 0.5) is 8.78 Å². The minimum absolute atomic E-state index is 0.231. The van der Waals surface area contributed by atoms with E-state index in [4.69, 9.17) is 4.52 Å². The maximum Gasteiger partial charge on any atom is 0.255 e. The summed E-state index contributed by atoms with van der Waals surface area (Å²) in [5, 5.41) is 17.6. The number of piperidine rings is 1. The molecule has 156 valence electrons. The lowest BCUT2D eigenvalue weighted by atomic mass is 9.70. The quantitative estimate of drug-likeness (QED) is 0.739. The summed E-state index contributed by atoms with van der Waals surface area (Å²) in [5.41, 5.74) is -1.23. The standard InChI is InChI=1S/C22H26F2N2O3/c1-13-8-9-21(12-25-13,18-10-17(26-29-18)20(2,3)28)19(27)15-7-5-4-6-14(15)16-11-22(16,23)24/h4-7,10,13,16,25,28H,8-9,11-12H2,1-3H3/t13-,16?,21-/m1/s1. The summed E-state index contributed by atoms with van der Waals surface area (Å²) in [7, 11) is 0. The van der Waals surface area contributed by atoms with Crippen molar-refractivity contribution in [1.82, 2.24) is 10.5 Å². The van der Waals surface area contributed by atoms with Gasteiger partial charge < -0.3 is 14.9 Å². The molecule has 2 aromatic rings. The first-order valence-corrected chi connectivity index (χ1v) is 9.99. The zero-order chi connectivity index (χ0) is 21.0. The van der Waals surface area contributed by atoms with Gasteiger partial charge >= 0.3 is 0 Å². The summed E-state index contributed by atoms with van der Waals surface area (Å²) in [5.74, 6) is -3.56. The number of carbonyl (C=O) groups excluding carboxylic acids is 1.